The van der Waals surface area contributed by atoms with E-state index < -0.39 is 12.9 Å². The first-order chi connectivity index (χ1) is 11.7. The van der Waals surface area contributed by atoms with Gasteiger partial charge in [0.15, 0.2) is 0 Å². The molecule has 3 rings (SSSR count). The van der Waals surface area contributed by atoms with Crippen molar-refractivity contribution < 1.29 is 30.2 Å². The summed E-state index contributed by atoms with van der Waals surface area (Å²) in [6, 6.07) is 30.7. The third-order valence-electron chi connectivity index (χ3n) is 4.03. The van der Waals surface area contributed by atoms with Crippen LogP contribution in [0.5, 0.6) is 0 Å². The molecule has 0 atom stereocenters. The molecule has 0 spiro atoms. The minimum absolute atomic E-state index is 0. The molecular formula is C21H20LiO2P. The molecule has 0 fully saturated rings. The molecule has 0 aliphatic carbocycles. The van der Waals surface area contributed by atoms with E-state index in [-0.39, 0.29) is 26.7 Å². The Bertz CT molecular complexity index is 765. The maximum Gasteiger partial charge on any atom is 1.00 e. The molecule has 2 nitrogen and oxygen atoms in total. The number of carboxylic acids is 1. The number of hydrogen-bond acceptors (Lipinski definition) is 1. The maximum atomic E-state index is 11.3. The normalized spacial score (nSPS) is 10.6. The molecule has 0 aliphatic heterocycles. The minimum atomic E-state index is -2.11. The zero-order valence-corrected chi connectivity index (χ0v) is 15.1. The Labute approximate surface area is 162 Å². The van der Waals surface area contributed by atoms with Crippen LogP contribution in [0.1, 0.15) is 7.85 Å². The van der Waals surface area contributed by atoms with Crippen LogP contribution < -0.4 is 34.8 Å². The van der Waals surface area contributed by atoms with Gasteiger partial charge in [-0.15, -0.1) is 0 Å². The van der Waals surface area contributed by atoms with Gasteiger partial charge in [0, 0.05) is 0 Å². The molecule has 25 heavy (non-hydrogen) atoms. The molecule has 122 valence electrons. The van der Waals surface area contributed by atoms with E-state index in [1.807, 2.05) is 60.4 Å². The van der Waals surface area contributed by atoms with Crippen LogP contribution in [0.25, 0.3) is 0 Å². The SMILES string of the molecule is O=C(O)CC=P(c1ccccc1)(c1ccccc1)c1ccccc1.[H-].[Li+]. The van der Waals surface area contributed by atoms with Gasteiger partial charge in [-0.25, -0.2) is 0 Å². The molecule has 0 radical (unpaired) electrons. The van der Waals surface area contributed by atoms with Gasteiger partial charge in [0.05, 0.1) is 6.42 Å². The number of rotatable bonds is 5. The Hall–Kier alpha value is -1.97. The second kappa shape index (κ2) is 8.93. The van der Waals surface area contributed by atoms with Crippen LogP contribution in [0.4, 0.5) is 0 Å². The molecule has 3 aromatic rings. The van der Waals surface area contributed by atoms with Crippen LogP contribution in [-0.4, -0.2) is 16.9 Å². The number of aliphatic carboxylic acids is 1. The Morgan fingerprint density at radius 3 is 1.36 bits per heavy atom. The minimum Gasteiger partial charge on any atom is -1.00 e. The maximum absolute atomic E-state index is 11.3. The van der Waals surface area contributed by atoms with E-state index in [9.17, 15) is 9.90 Å². The van der Waals surface area contributed by atoms with Crippen molar-refractivity contribution in [3.05, 3.63) is 91.0 Å². The topological polar surface area (TPSA) is 37.3 Å². The van der Waals surface area contributed by atoms with E-state index in [4.69, 9.17) is 0 Å². The summed E-state index contributed by atoms with van der Waals surface area (Å²) in [5, 5.41) is 12.8. The Morgan fingerprint density at radius 2 is 1.08 bits per heavy atom. The summed E-state index contributed by atoms with van der Waals surface area (Å²) in [5.41, 5.74) is 0. The molecule has 0 saturated heterocycles. The smallest absolute Gasteiger partial charge is 1.00 e. The van der Waals surface area contributed by atoms with Gasteiger partial charge >= 0.3 is 24.8 Å². The monoisotopic (exact) mass is 342 g/mol. The second-order valence-electron chi connectivity index (χ2n) is 5.51. The number of hydrogen-bond donors (Lipinski definition) is 1. The van der Waals surface area contributed by atoms with Crippen LogP contribution in [-0.2, 0) is 4.79 Å². The predicted octanol–water partition coefficient (Wildman–Crippen LogP) is 0.374. The van der Waals surface area contributed by atoms with Crippen molar-refractivity contribution in [2.45, 2.75) is 6.42 Å². The van der Waals surface area contributed by atoms with E-state index in [1.165, 1.54) is 15.9 Å². The third-order valence-corrected chi connectivity index (χ3v) is 8.10. The second-order valence-corrected chi connectivity index (χ2v) is 8.87. The molecule has 0 unspecified atom stereocenters. The fraction of sp³-hybridized carbons (Fsp3) is 0.0476. The summed E-state index contributed by atoms with van der Waals surface area (Å²) >= 11 is 0. The van der Waals surface area contributed by atoms with Crippen molar-refractivity contribution in [2.24, 2.45) is 0 Å². The number of benzene rings is 3. The fourth-order valence-electron chi connectivity index (χ4n) is 2.97. The van der Waals surface area contributed by atoms with E-state index in [0.717, 1.165) is 0 Å². The molecule has 0 bridgehead atoms. The quantitative estimate of drug-likeness (QED) is 0.538. The van der Waals surface area contributed by atoms with Crippen molar-refractivity contribution >= 4 is 34.6 Å². The summed E-state index contributed by atoms with van der Waals surface area (Å²) in [5.74, 6) is 1.21. The van der Waals surface area contributed by atoms with Gasteiger partial charge in [-0.1, -0.05) is 96.8 Å². The van der Waals surface area contributed by atoms with E-state index >= 15 is 0 Å². The summed E-state index contributed by atoms with van der Waals surface area (Å²) in [6.07, 6.45) is 0.0342. The van der Waals surface area contributed by atoms with E-state index in [1.54, 1.807) is 0 Å². The van der Waals surface area contributed by atoms with Crippen molar-refractivity contribution in [1.29, 1.82) is 0 Å². The average Bonchev–Trinajstić information content (AvgIpc) is 2.65. The molecule has 0 saturated carbocycles. The van der Waals surface area contributed by atoms with Gasteiger partial charge in [-0.2, -0.15) is 0 Å². The molecule has 1 N–H and O–H groups in total. The van der Waals surface area contributed by atoms with E-state index in [0.29, 0.717) is 0 Å². The van der Waals surface area contributed by atoms with Gasteiger partial charge in [0.1, 0.15) is 0 Å². The van der Waals surface area contributed by atoms with Crippen molar-refractivity contribution in [2.75, 3.05) is 0 Å². The molecular weight excluding hydrogens is 322 g/mol. The summed E-state index contributed by atoms with van der Waals surface area (Å²) in [4.78, 5) is 11.3. The molecule has 0 aliphatic rings. The van der Waals surface area contributed by atoms with Gasteiger partial charge in [0.25, 0.3) is 0 Å². The first-order valence-electron chi connectivity index (χ1n) is 7.85. The molecule has 0 aromatic heterocycles. The molecule has 0 heterocycles. The van der Waals surface area contributed by atoms with Gasteiger partial charge in [-0.05, 0) is 22.8 Å². The summed E-state index contributed by atoms with van der Waals surface area (Å²) < 4.78 is 0. The first-order valence-corrected chi connectivity index (χ1v) is 9.71. The third kappa shape index (κ3) is 4.17. The van der Waals surface area contributed by atoms with E-state index in [2.05, 4.69) is 36.4 Å². The number of carbonyl (C=O) groups is 1. The Morgan fingerprint density at radius 1 is 0.760 bits per heavy atom. The molecule has 4 heteroatoms. The molecule has 3 aromatic carbocycles. The van der Waals surface area contributed by atoms with Gasteiger partial charge < -0.3 is 6.53 Å². The average molecular weight is 342 g/mol. The zero-order chi connectivity index (χ0) is 16.8. The van der Waals surface area contributed by atoms with Crippen molar-refractivity contribution in [3.63, 3.8) is 0 Å². The summed E-state index contributed by atoms with van der Waals surface area (Å²) in [7, 11) is 0. The predicted molar refractivity (Wildman–Crippen MR) is 105 cm³/mol. The Kier molecular flexibility index (Phi) is 6.91. The van der Waals surface area contributed by atoms with Crippen LogP contribution >= 0.6 is 6.89 Å². The first kappa shape index (κ1) is 19.4. The number of carboxylic acid groups (broad SMARTS) is 1. The van der Waals surface area contributed by atoms with Gasteiger partial charge in [-0.3, -0.25) is 4.79 Å². The van der Waals surface area contributed by atoms with Crippen LogP contribution in [0.3, 0.4) is 0 Å². The standard InChI is InChI=1S/C21H19O2P.Li.H/c22-21(23)16-17-24(18-10-4-1-5-11-18,19-12-6-2-7-13-19)20-14-8-3-9-15-20;;/h1-15,17H,16H2,(H,22,23);;/q;+1;-1. The van der Waals surface area contributed by atoms with Crippen molar-refractivity contribution in [3.8, 4) is 0 Å². The van der Waals surface area contributed by atoms with Crippen LogP contribution in [0, 0.1) is 0 Å². The summed E-state index contributed by atoms with van der Waals surface area (Å²) in [6.45, 7) is -2.11. The fourth-order valence-corrected chi connectivity index (χ4v) is 6.85. The largest absolute Gasteiger partial charge is 1.00 e. The zero-order valence-electron chi connectivity index (χ0n) is 15.2. The van der Waals surface area contributed by atoms with Crippen molar-refractivity contribution in [1.82, 2.24) is 0 Å². The molecule has 0 amide bonds. The Balaban J connectivity index is 0.00000169. The van der Waals surface area contributed by atoms with Gasteiger partial charge in [0.2, 0.25) is 0 Å². The van der Waals surface area contributed by atoms with Crippen LogP contribution in [0.15, 0.2) is 91.0 Å². The van der Waals surface area contributed by atoms with Crippen LogP contribution in [0.2, 0.25) is 0 Å².